The van der Waals surface area contributed by atoms with Crippen LogP contribution in [-0.4, -0.2) is 91.7 Å². The maximum absolute atomic E-state index is 14.4. The lowest BCUT2D eigenvalue weighted by Gasteiger charge is -2.59. The molecule has 2 aromatic rings. The molecule has 2 aliphatic heterocycles. The van der Waals surface area contributed by atoms with Crippen LogP contribution in [0.2, 0.25) is 0 Å². The van der Waals surface area contributed by atoms with Crippen LogP contribution < -0.4 is 24.3 Å². The third-order valence-corrected chi connectivity index (χ3v) is 13.5. The maximum Gasteiger partial charge on any atom is 0.412 e. The van der Waals surface area contributed by atoms with Gasteiger partial charge >= 0.3 is 12.2 Å². The second-order valence-corrected chi connectivity index (χ2v) is 18.0. The fourth-order valence-corrected chi connectivity index (χ4v) is 10.5. The van der Waals surface area contributed by atoms with E-state index in [-0.39, 0.29) is 63.9 Å². The summed E-state index contributed by atoms with van der Waals surface area (Å²) >= 11 is 0. The number of aliphatic hydroxyl groups is 2. The van der Waals surface area contributed by atoms with Gasteiger partial charge in [-0.3, -0.25) is 4.90 Å². The first-order chi connectivity index (χ1) is 32.3. The first-order valence-corrected chi connectivity index (χ1v) is 24.7. The van der Waals surface area contributed by atoms with E-state index < -0.39 is 29.9 Å². The number of hydrogen-bond donors (Lipinski definition) is 3. The second-order valence-electron chi connectivity index (χ2n) is 18.0. The Labute approximate surface area is 392 Å². The summed E-state index contributed by atoms with van der Waals surface area (Å²) in [6, 6.07) is 10.3. The molecule has 2 aromatic carbocycles. The van der Waals surface area contributed by atoms with Crippen molar-refractivity contribution in [1.82, 2.24) is 10.2 Å². The molecule has 364 valence electrons. The number of rotatable bonds is 28. The van der Waals surface area contributed by atoms with Crippen LogP contribution >= 0.6 is 0 Å². The summed E-state index contributed by atoms with van der Waals surface area (Å²) in [5.74, 6) is -0.158. The molecule has 14 heteroatoms. The van der Waals surface area contributed by atoms with E-state index in [2.05, 4.69) is 30.1 Å². The van der Waals surface area contributed by atoms with Crippen molar-refractivity contribution in [3.8, 4) is 23.0 Å². The highest BCUT2D eigenvalue weighted by atomic mass is 16.7. The molecule has 1 fully saturated rings. The highest BCUT2D eigenvalue weighted by Crippen LogP contribution is 2.62. The maximum atomic E-state index is 14.4. The van der Waals surface area contributed by atoms with Crippen molar-refractivity contribution in [2.75, 3.05) is 46.9 Å². The normalized spacial score (nSPS) is 23.0. The number of amides is 2. The van der Waals surface area contributed by atoms with Gasteiger partial charge in [0, 0.05) is 44.2 Å². The predicted molar refractivity (Wildman–Crippen MR) is 253 cm³/mol. The van der Waals surface area contributed by atoms with E-state index in [1.54, 1.807) is 24.0 Å². The monoisotopic (exact) mass is 918 g/mol. The first-order valence-electron chi connectivity index (χ1n) is 24.7. The highest BCUT2D eigenvalue weighted by Gasteiger charge is 2.65. The average Bonchev–Trinajstić information content (AvgIpc) is 3.79. The fraction of sp³-hybridized carbons (Fsp3) is 0.635. The lowest BCUT2D eigenvalue weighted by Crippen LogP contribution is -2.70. The van der Waals surface area contributed by atoms with Crippen molar-refractivity contribution >= 4 is 17.9 Å². The molecule has 2 aliphatic carbocycles. The SMILES string of the molecule is C=CCO[C@@]12Oc3ccc(OC(=O)NCCCCCCCCCCCC)cc3[C@H]3[C@H](CCCCO)[C@@H](CCCCO)C=C(C(=NOC)C[C@@H]1N(Cc1ccc4c(c1)OCO4)C(=O)OCC)[C@H]32. The molecule has 6 atom stereocenters. The Hall–Kier alpha value is -4.79. The van der Waals surface area contributed by atoms with E-state index in [1.807, 2.05) is 30.3 Å². The number of unbranched alkanes of at least 4 members (excludes halogenated alkanes) is 11. The Balaban J connectivity index is 1.37. The van der Waals surface area contributed by atoms with Crippen molar-refractivity contribution in [1.29, 1.82) is 0 Å². The minimum Gasteiger partial charge on any atom is -0.459 e. The summed E-state index contributed by atoms with van der Waals surface area (Å²) in [6.45, 7) is 9.20. The first kappa shape index (κ1) is 50.6. The van der Waals surface area contributed by atoms with Crippen molar-refractivity contribution in [2.24, 2.45) is 22.9 Å². The average molecular weight is 918 g/mol. The number of carbonyl (C=O) groups is 2. The van der Waals surface area contributed by atoms with Crippen molar-refractivity contribution < 1.29 is 53.1 Å². The van der Waals surface area contributed by atoms with E-state index in [9.17, 15) is 19.8 Å². The van der Waals surface area contributed by atoms with Crippen LogP contribution in [0.4, 0.5) is 9.59 Å². The minimum atomic E-state index is -1.49. The smallest absolute Gasteiger partial charge is 0.412 e. The van der Waals surface area contributed by atoms with Crippen LogP contribution in [0.1, 0.15) is 140 Å². The van der Waals surface area contributed by atoms with Crippen LogP contribution in [-0.2, 0) is 20.9 Å². The molecule has 0 aromatic heterocycles. The predicted octanol–water partition coefficient (Wildman–Crippen LogP) is 10.3. The van der Waals surface area contributed by atoms with Crippen molar-refractivity contribution in [2.45, 2.75) is 147 Å². The zero-order valence-electron chi connectivity index (χ0n) is 39.6. The third-order valence-electron chi connectivity index (χ3n) is 13.5. The van der Waals surface area contributed by atoms with Crippen molar-refractivity contribution in [3.63, 3.8) is 0 Å². The molecular weight excluding hydrogens is 843 g/mol. The molecule has 0 radical (unpaired) electrons. The topological polar surface area (TPSA) is 167 Å². The Morgan fingerprint density at radius 2 is 1.61 bits per heavy atom. The van der Waals surface area contributed by atoms with Gasteiger partial charge in [-0.2, -0.15) is 0 Å². The van der Waals surface area contributed by atoms with Gasteiger partial charge in [-0.05, 0) is 92.3 Å². The number of oxime groups is 1. The largest absolute Gasteiger partial charge is 0.459 e. The van der Waals surface area contributed by atoms with Crippen molar-refractivity contribution in [3.05, 3.63) is 71.8 Å². The van der Waals surface area contributed by atoms with Gasteiger partial charge in [0.1, 0.15) is 24.7 Å². The number of ether oxygens (including phenoxy) is 6. The number of nitrogens with zero attached hydrogens (tertiary/aromatic N) is 2. The van der Waals surface area contributed by atoms with Crippen LogP contribution in [0.3, 0.4) is 0 Å². The molecule has 2 heterocycles. The number of aliphatic hydroxyl groups excluding tert-OH is 2. The number of allylic oxidation sites excluding steroid dienone is 1. The number of benzene rings is 2. The van der Waals surface area contributed by atoms with Crippen LogP contribution in [0, 0.1) is 17.8 Å². The third kappa shape index (κ3) is 12.6. The van der Waals surface area contributed by atoms with Gasteiger partial charge in [0.2, 0.25) is 12.6 Å². The van der Waals surface area contributed by atoms with E-state index in [1.165, 1.54) is 52.1 Å². The van der Waals surface area contributed by atoms with Gasteiger partial charge in [0.15, 0.2) is 11.5 Å². The molecule has 6 rings (SSSR count). The summed E-state index contributed by atoms with van der Waals surface area (Å²) in [4.78, 5) is 35.0. The number of carbonyl (C=O) groups excluding carboxylic acids is 2. The van der Waals surface area contributed by atoms with Gasteiger partial charge in [0.25, 0.3) is 0 Å². The zero-order valence-corrected chi connectivity index (χ0v) is 39.6. The molecule has 66 heavy (non-hydrogen) atoms. The lowest BCUT2D eigenvalue weighted by molar-refractivity contribution is -0.256. The molecule has 14 nitrogen and oxygen atoms in total. The Kier molecular flexibility index (Phi) is 19.9. The van der Waals surface area contributed by atoms with E-state index in [0.29, 0.717) is 48.1 Å². The molecule has 0 bridgehead atoms. The Bertz CT molecular complexity index is 1940. The molecule has 2 amide bonds. The number of fused-ring (bicyclic) bond motifs is 3. The Morgan fingerprint density at radius 1 is 0.894 bits per heavy atom. The summed E-state index contributed by atoms with van der Waals surface area (Å²) in [6.07, 6.45) is 19.6. The number of nitrogens with one attached hydrogen (secondary N) is 1. The van der Waals surface area contributed by atoms with Gasteiger partial charge < -0.3 is 48.8 Å². The molecule has 3 N–H and O–H groups in total. The Morgan fingerprint density at radius 3 is 2.32 bits per heavy atom. The highest BCUT2D eigenvalue weighted by molar-refractivity contribution is 6.03. The summed E-state index contributed by atoms with van der Waals surface area (Å²) in [7, 11) is 1.52. The second kappa shape index (κ2) is 25.9. The lowest BCUT2D eigenvalue weighted by atomic mass is 9.55. The molecule has 0 unspecified atom stereocenters. The van der Waals surface area contributed by atoms with E-state index in [0.717, 1.165) is 61.6 Å². The van der Waals surface area contributed by atoms with Gasteiger partial charge in [0.05, 0.1) is 24.8 Å². The van der Waals surface area contributed by atoms with E-state index in [4.69, 9.17) is 33.3 Å². The molecule has 0 saturated heterocycles. The van der Waals surface area contributed by atoms with Gasteiger partial charge in [-0.1, -0.05) is 101 Å². The standard InChI is InChI=1S/C52H75N3O11/c1-5-8-9-10-11-12-13-14-15-18-27-53-50(58)65-39-24-26-44-42(33-39)48-40(22-17-20-29-57)38(21-16-19-28-56)32-41-43(54-60-4)34-47(52(66-44,49(41)48)64-30-6-2)55(51(59)61-7-3)35-37-23-25-45-46(31-37)63-36-62-45/h6,23-26,31-33,38,40,47-49,56-57H,2,5,7-22,27-30,34-36H2,1,3-4H3,(H,53,58)/t38-,40+,47-,48+,49+,52+/m0/s1. The van der Waals surface area contributed by atoms with Crippen LogP contribution in [0.15, 0.2) is 65.9 Å². The van der Waals surface area contributed by atoms with E-state index >= 15 is 0 Å². The fourth-order valence-electron chi connectivity index (χ4n) is 10.5. The van der Waals surface area contributed by atoms with Gasteiger partial charge in [-0.15, -0.1) is 6.58 Å². The number of hydrogen-bond acceptors (Lipinski definition) is 12. The van der Waals surface area contributed by atoms with Crippen LogP contribution in [0.25, 0.3) is 0 Å². The summed E-state index contributed by atoms with van der Waals surface area (Å²) in [5.41, 5.74) is 3.18. The minimum absolute atomic E-state index is 0.00814. The molecule has 0 spiro atoms. The quantitative estimate of drug-likeness (QED) is 0.0422. The molecule has 1 saturated carbocycles. The van der Waals surface area contributed by atoms with Crippen LogP contribution in [0.5, 0.6) is 23.0 Å². The molecular formula is C52H75N3O11. The summed E-state index contributed by atoms with van der Waals surface area (Å²) < 4.78 is 37.5. The van der Waals surface area contributed by atoms with Gasteiger partial charge in [-0.25, -0.2) is 9.59 Å². The zero-order chi connectivity index (χ0) is 46.7. The molecule has 4 aliphatic rings. The summed E-state index contributed by atoms with van der Waals surface area (Å²) in [5, 5.41) is 27.5.